The topological polar surface area (TPSA) is 86.8 Å². The van der Waals surface area contributed by atoms with Crippen LogP contribution >= 0.6 is 23.2 Å². The molecule has 1 N–H and O–H groups in total. The third-order valence-electron chi connectivity index (χ3n) is 6.17. The fourth-order valence-electron chi connectivity index (χ4n) is 4.24. The van der Waals surface area contributed by atoms with Crippen molar-refractivity contribution in [3.05, 3.63) is 94.5 Å². The molecular weight excluding hydrogens is 569 g/mol. The first-order chi connectivity index (χ1) is 18.8. The zero-order valence-electron chi connectivity index (χ0n) is 23.1. The molecule has 0 fully saturated rings. The summed E-state index contributed by atoms with van der Waals surface area (Å²) >= 11 is 12.3. The number of benzene rings is 3. The van der Waals surface area contributed by atoms with Gasteiger partial charge in [-0.1, -0.05) is 78.7 Å². The smallest absolute Gasteiger partial charge is 0.264 e. The fraction of sp³-hybridized carbons (Fsp3) is 0.333. The average molecular weight is 605 g/mol. The van der Waals surface area contributed by atoms with Gasteiger partial charge in [-0.15, -0.1) is 0 Å². The Morgan fingerprint density at radius 1 is 0.900 bits per heavy atom. The highest BCUT2D eigenvalue weighted by atomic mass is 35.5. The zero-order chi connectivity index (χ0) is 29.5. The van der Waals surface area contributed by atoms with Gasteiger partial charge in [-0.25, -0.2) is 8.42 Å². The van der Waals surface area contributed by atoms with Gasteiger partial charge in [-0.2, -0.15) is 0 Å². The molecule has 0 unspecified atom stereocenters. The van der Waals surface area contributed by atoms with Crippen molar-refractivity contribution in [2.45, 2.75) is 57.0 Å². The Labute approximate surface area is 247 Å². The van der Waals surface area contributed by atoms with Gasteiger partial charge in [-0.3, -0.25) is 13.9 Å². The second-order valence-electron chi connectivity index (χ2n) is 10.4. The second kappa shape index (κ2) is 13.5. The van der Waals surface area contributed by atoms with Crippen LogP contribution in [0.2, 0.25) is 10.0 Å². The van der Waals surface area contributed by atoms with E-state index in [0.717, 1.165) is 9.87 Å². The zero-order valence-corrected chi connectivity index (χ0v) is 25.4. The van der Waals surface area contributed by atoms with Crippen molar-refractivity contribution in [3.8, 4) is 0 Å². The van der Waals surface area contributed by atoms with Gasteiger partial charge in [0, 0.05) is 12.1 Å². The number of carbonyl (C=O) groups is 2. The van der Waals surface area contributed by atoms with Crippen LogP contribution in [0.5, 0.6) is 0 Å². The van der Waals surface area contributed by atoms with Crippen molar-refractivity contribution in [1.29, 1.82) is 0 Å². The molecule has 3 rings (SSSR count). The normalized spacial score (nSPS) is 12.4. The van der Waals surface area contributed by atoms with Crippen LogP contribution in [0.3, 0.4) is 0 Å². The maximum absolute atomic E-state index is 14.0. The number of anilines is 1. The third kappa shape index (κ3) is 8.22. The number of nitrogens with one attached hydrogen (secondary N) is 1. The van der Waals surface area contributed by atoms with Crippen molar-refractivity contribution in [3.63, 3.8) is 0 Å². The van der Waals surface area contributed by atoms with Gasteiger partial charge in [0.2, 0.25) is 11.8 Å². The largest absolute Gasteiger partial charge is 0.350 e. The molecule has 0 aliphatic rings. The van der Waals surface area contributed by atoms with E-state index >= 15 is 0 Å². The van der Waals surface area contributed by atoms with Crippen molar-refractivity contribution < 1.29 is 18.0 Å². The van der Waals surface area contributed by atoms with Crippen molar-refractivity contribution in [2.24, 2.45) is 0 Å². The van der Waals surface area contributed by atoms with Gasteiger partial charge in [0.25, 0.3) is 10.0 Å². The molecule has 0 bridgehead atoms. The number of amides is 2. The second-order valence-corrected chi connectivity index (χ2v) is 13.1. The van der Waals surface area contributed by atoms with Crippen LogP contribution in [-0.2, 0) is 26.0 Å². The van der Waals surface area contributed by atoms with E-state index in [9.17, 15) is 18.0 Å². The SMILES string of the molecule is CC[C@@H](C(=O)NC(C)(C)C)N(CCc1ccccc1)C(=O)CN(c1ccc(Cl)c(Cl)c1)S(=O)(=O)c1ccccc1. The first-order valence-corrected chi connectivity index (χ1v) is 15.2. The summed E-state index contributed by atoms with van der Waals surface area (Å²) in [6, 6.07) is 21.0. The van der Waals surface area contributed by atoms with Gasteiger partial charge in [0.1, 0.15) is 12.6 Å². The molecule has 214 valence electrons. The number of sulfonamides is 1. The lowest BCUT2D eigenvalue weighted by molar-refractivity contribution is -0.140. The van der Waals surface area contributed by atoms with Gasteiger partial charge >= 0.3 is 0 Å². The Balaban J connectivity index is 2.03. The summed E-state index contributed by atoms with van der Waals surface area (Å²) < 4.78 is 28.7. The standard InChI is InChI=1S/C30H35Cl2N3O4S/c1-5-27(29(37)33-30(2,3)4)34(19-18-22-12-8-6-9-13-22)28(36)21-35(23-16-17-25(31)26(32)20-23)40(38,39)24-14-10-7-11-15-24/h6-17,20,27H,5,18-19,21H2,1-4H3,(H,33,37)/t27-/m0/s1. The Hall–Kier alpha value is -3.07. The highest BCUT2D eigenvalue weighted by molar-refractivity contribution is 7.92. The minimum absolute atomic E-state index is 0.0159. The van der Waals surface area contributed by atoms with E-state index in [2.05, 4.69) is 5.32 Å². The maximum Gasteiger partial charge on any atom is 0.264 e. The molecule has 10 heteroatoms. The summed E-state index contributed by atoms with van der Waals surface area (Å²) in [6.07, 6.45) is 0.838. The minimum Gasteiger partial charge on any atom is -0.350 e. The molecule has 0 aliphatic heterocycles. The molecule has 1 atom stereocenters. The number of halogens is 2. The van der Waals surface area contributed by atoms with Crippen LogP contribution < -0.4 is 9.62 Å². The van der Waals surface area contributed by atoms with E-state index in [-0.39, 0.29) is 33.1 Å². The van der Waals surface area contributed by atoms with Gasteiger partial charge in [-0.05, 0) is 69.5 Å². The molecule has 2 amide bonds. The van der Waals surface area contributed by atoms with Crippen molar-refractivity contribution >= 4 is 50.7 Å². The number of hydrogen-bond acceptors (Lipinski definition) is 4. The van der Waals surface area contributed by atoms with Crippen LogP contribution in [0.4, 0.5) is 5.69 Å². The highest BCUT2D eigenvalue weighted by Gasteiger charge is 2.34. The molecule has 0 heterocycles. The molecule has 0 saturated carbocycles. The molecule has 0 aromatic heterocycles. The quantitative estimate of drug-likeness (QED) is 0.293. The van der Waals surface area contributed by atoms with E-state index in [4.69, 9.17) is 23.2 Å². The Morgan fingerprint density at radius 2 is 1.50 bits per heavy atom. The van der Waals surface area contributed by atoms with E-state index < -0.39 is 34.1 Å². The Morgan fingerprint density at radius 3 is 2.05 bits per heavy atom. The van der Waals surface area contributed by atoms with E-state index in [1.54, 1.807) is 18.2 Å². The van der Waals surface area contributed by atoms with Crippen molar-refractivity contribution in [1.82, 2.24) is 10.2 Å². The summed E-state index contributed by atoms with van der Waals surface area (Å²) in [6.45, 7) is 7.11. The third-order valence-corrected chi connectivity index (χ3v) is 8.70. The summed E-state index contributed by atoms with van der Waals surface area (Å²) in [5.74, 6) is -0.819. The monoisotopic (exact) mass is 603 g/mol. The van der Waals surface area contributed by atoms with E-state index in [1.165, 1.54) is 35.2 Å². The molecule has 3 aromatic rings. The summed E-state index contributed by atoms with van der Waals surface area (Å²) in [7, 11) is -4.18. The predicted molar refractivity (Wildman–Crippen MR) is 161 cm³/mol. The minimum atomic E-state index is -4.18. The average Bonchev–Trinajstić information content (AvgIpc) is 2.91. The first-order valence-electron chi connectivity index (χ1n) is 13.0. The number of hydrogen-bond donors (Lipinski definition) is 1. The number of rotatable bonds is 11. The van der Waals surface area contributed by atoms with Crippen LogP contribution in [0, 0.1) is 0 Å². The number of nitrogens with zero attached hydrogens (tertiary/aromatic N) is 2. The molecular formula is C30H35Cl2N3O4S. The molecule has 7 nitrogen and oxygen atoms in total. The van der Waals surface area contributed by atoms with Crippen LogP contribution in [-0.4, -0.2) is 49.8 Å². The number of carbonyl (C=O) groups excluding carboxylic acids is 2. The molecule has 0 radical (unpaired) electrons. The lowest BCUT2D eigenvalue weighted by Crippen LogP contribution is -2.56. The first kappa shape index (κ1) is 31.5. The van der Waals surface area contributed by atoms with Crippen LogP contribution in [0.1, 0.15) is 39.7 Å². The molecule has 40 heavy (non-hydrogen) atoms. The fourth-order valence-corrected chi connectivity index (χ4v) is 5.96. The molecule has 0 aliphatic carbocycles. The lowest BCUT2D eigenvalue weighted by atomic mass is 10.1. The maximum atomic E-state index is 14.0. The molecule has 0 saturated heterocycles. The van der Waals surface area contributed by atoms with Crippen LogP contribution in [0.25, 0.3) is 0 Å². The van der Waals surface area contributed by atoms with Gasteiger partial charge in [0.05, 0.1) is 20.6 Å². The summed E-state index contributed by atoms with van der Waals surface area (Å²) in [4.78, 5) is 28.9. The Kier molecular flexibility index (Phi) is 10.6. The van der Waals surface area contributed by atoms with E-state index in [0.29, 0.717) is 12.8 Å². The van der Waals surface area contributed by atoms with Gasteiger partial charge in [0.15, 0.2) is 0 Å². The molecule has 3 aromatic carbocycles. The highest BCUT2D eigenvalue weighted by Crippen LogP contribution is 2.31. The molecule has 0 spiro atoms. The van der Waals surface area contributed by atoms with Crippen molar-refractivity contribution in [2.75, 3.05) is 17.4 Å². The van der Waals surface area contributed by atoms with E-state index in [1.807, 2.05) is 58.0 Å². The Bertz CT molecular complexity index is 1410. The van der Waals surface area contributed by atoms with Gasteiger partial charge < -0.3 is 10.2 Å². The van der Waals surface area contributed by atoms with Crippen LogP contribution in [0.15, 0.2) is 83.8 Å². The summed E-state index contributed by atoms with van der Waals surface area (Å²) in [5, 5.41) is 3.36. The lowest BCUT2D eigenvalue weighted by Gasteiger charge is -2.34. The predicted octanol–water partition coefficient (Wildman–Crippen LogP) is 5.95. The summed E-state index contributed by atoms with van der Waals surface area (Å²) in [5.41, 5.74) is 0.660.